The van der Waals surface area contributed by atoms with Gasteiger partial charge in [-0.25, -0.2) is 9.59 Å². The molecule has 0 unspecified atom stereocenters. The number of methoxy groups -OCH3 is 3. The highest BCUT2D eigenvalue weighted by molar-refractivity contribution is 6.05. The van der Waals surface area contributed by atoms with Crippen molar-refractivity contribution >= 4 is 17.9 Å². The van der Waals surface area contributed by atoms with Crippen LogP contribution in [0.15, 0.2) is 24.3 Å². The van der Waals surface area contributed by atoms with Gasteiger partial charge in [-0.05, 0) is 43.7 Å². The molecule has 0 atom stereocenters. The fourth-order valence-corrected chi connectivity index (χ4v) is 3.18. The molecule has 1 aromatic carbocycles. The van der Waals surface area contributed by atoms with E-state index in [1.165, 1.54) is 14.2 Å². The Hall–Kier alpha value is -3.29. The maximum atomic E-state index is 12.9. The van der Waals surface area contributed by atoms with E-state index in [-0.39, 0.29) is 29.8 Å². The lowest BCUT2D eigenvalue weighted by molar-refractivity contribution is -0.139. The van der Waals surface area contributed by atoms with Crippen LogP contribution < -0.4 is 4.74 Å². The highest BCUT2D eigenvalue weighted by Gasteiger charge is 2.33. The van der Waals surface area contributed by atoms with E-state index < -0.39 is 17.9 Å². The summed E-state index contributed by atoms with van der Waals surface area (Å²) in [6.45, 7) is 4.02. The quantitative estimate of drug-likeness (QED) is 0.494. The Labute approximate surface area is 169 Å². The predicted octanol–water partition coefficient (Wildman–Crippen LogP) is 2.86. The number of aromatic nitrogens is 1. The molecule has 0 fully saturated rings. The molecule has 0 bridgehead atoms. The third-order valence-electron chi connectivity index (χ3n) is 4.45. The molecule has 0 saturated carbocycles. The molecular weight excluding hydrogens is 378 g/mol. The van der Waals surface area contributed by atoms with Crippen molar-refractivity contribution in [3.63, 3.8) is 0 Å². The van der Waals surface area contributed by atoms with Crippen molar-refractivity contribution in [2.45, 2.75) is 26.8 Å². The molecule has 1 heterocycles. The average Bonchev–Trinajstić information content (AvgIpc) is 3.07. The van der Waals surface area contributed by atoms with Gasteiger partial charge in [0.2, 0.25) is 0 Å². The number of carbonyl (C=O) groups excluding carboxylic acids is 3. The average molecular weight is 403 g/mol. The van der Waals surface area contributed by atoms with Crippen LogP contribution in [0.5, 0.6) is 5.75 Å². The monoisotopic (exact) mass is 403 g/mol. The van der Waals surface area contributed by atoms with Gasteiger partial charge in [-0.15, -0.1) is 0 Å². The fraction of sp³-hybridized carbons (Fsp3) is 0.381. The van der Waals surface area contributed by atoms with Crippen LogP contribution in [0, 0.1) is 0 Å². The molecule has 156 valence electrons. The normalized spacial score (nSPS) is 10.4. The van der Waals surface area contributed by atoms with E-state index in [0.717, 1.165) is 0 Å². The van der Waals surface area contributed by atoms with E-state index >= 15 is 0 Å². The van der Waals surface area contributed by atoms with E-state index in [9.17, 15) is 14.4 Å². The molecule has 8 heteroatoms. The first-order valence-corrected chi connectivity index (χ1v) is 9.15. The van der Waals surface area contributed by atoms with E-state index in [1.807, 2.05) is 6.92 Å². The van der Waals surface area contributed by atoms with Crippen LogP contribution in [0.1, 0.15) is 40.3 Å². The van der Waals surface area contributed by atoms with E-state index in [2.05, 4.69) is 0 Å². The summed E-state index contributed by atoms with van der Waals surface area (Å²) in [7, 11) is 4.04. The van der Waals surface area contributed by atoms with Gasteiger partial charge in [0, 0.05) is 12.1 Å². The topological polar surface area (TPSA) is 93.1 Å². The van der Waals surface area contributed by atoms with Gasteiger partial charge in [-0.1, -0.05) is 0 Å². The van der Waals surface area contributed by atoms with Crippen molar-refractivity contribution in [2.24, 2.45) is 0 Å². The van der Waals surface area contributed by atoms with Gasteiger partial charge < -0.3 is 23.5 Å². The largest absolute Gasteiger partial charge is 0.497 e. The number of hydrogen-bond donors (Lipinski definition) is 0. The summed E-state index contributed by atoms with van der Waals surface area (Å²) in [6.07, 6.45) is -0.273. The molecule has 29 heavy (non-hydrogen) atoms. The first-order chi connectivity index (χ1) is 13.9. The van der Waals surface area contributed by atoms with Crippen molar-refractivity contribution in [2.75, 3.05) is 27.9 Å². The van der Waals surface area contributed by atoms with Gasteiger partial charge in [0.25, 0.3) is 0 Å². The molecule has 2 rings (SSSR count). The van der Waals surface area contributed by atoms with Gasteiger partial charge in [0.15, 0.2) is 0 Å². The summed E-state index contributed by atoms with van der Waals surface area (Å²) in [5.74, 6) is -1.23. The zero-order valence-corrected chi connectivity index (χ0v) is 17.2. The fourth-order valence-electron chi connectivity index (χ4n) is 3.18. The van der Waals surface area contributed by atoms with Crippen molar-refractivity contribution in [3.05, 3.63) is 41.1 Å². The predicted molar refractivity (Wildman–Crippen MR) is 105 cm³/mol. The lowest BCUT2D eigenvalue weighted by Gasteiger charge is -2.12. The van der Waals surface area contributed by atoms with Crippen LogP contribution >= 0.6 is 0 Å². The number of rotatable bonds is 8. The smallest absolute Gasteiger partial charge is 0.355 e. The van der Waals surface area contributed by atoms with E-state index in [4.69, 9.17) is 18.9 Å². The SMILES string of the molecule is CCOC(=O)c1c(CC(=O)OC)c(C(=O)OC)n(CC)c1-c1ccc(OC)cc1. The van der Waals surface area contributed by atoms with Gasteiger partial charge >= 0.3 is 17.9 Å². The number of ether oxygens (including phenoxy) is 4. The number of esters is 3. The van der Waals surface area contributed by atoms with Crippen molar-refractivity contribution < 1.29 is 33.3 Å². The molecule has 0 N–H and O–H groups in total. The Kier molecular flexibility index (Phi) is 7.41. The van der Waals surface area contributed by atoms with Crippen molar-refractivity contribution in [3.8, 4) is 17.0 Å². The Morgan fingerprint density at radius 2 is 1.59 bits per heavy atom. The van der Waals surface area contributed by atoms with Crippen LogP contribution in [0.25, 0.3) is 11.3 Å². The summed E-state index contributed by atoms with van der Waals surface area (Å²) in [6, 6.07) is 7.03. The maximum Gasteiger partial charge on any atom is 0.355 e. The van der Waals surface area contributed by atoms with E-state index in [1.54, 1.807) is 42.9 Å². The zero-order valence-electron chi connectivity index (χ0n) is 17.2. The number of carbonyl (C=O) groups is 3. The molecule has 0 radical (unpaired) electrons. The second-order valence-corrected chi connectivity index (χ2v) is 5.99. The molecule has 0 aliphatic carbocycles. The molecule has 8 nitrogen and oxygen atoms in total. The summed E-state index contributed by atoms with van der Waals surface area (Å²) in [5.41, 5.74) is 1.61. The maximum absolute atomic E-state index is 12.9. The third-order valence-corrected chi connectivity index (χ3v) is 4.45. The molecule has 0 spiro atoms. The second-order valence-electron chi connectivity index (χ2n) is 5.99. The Bertz CT molecular complexity index is 897. The minimum atomic E-state index is -0.656. The van der Waals surface area contributed by atoms with Crippen LogP contribution in [-0.4, -0.2) is 50.4 Å². The molecule has 0 aliphatic rings. The minimum absolute atomic E-state index is 0.120. The van der Waals surface area contributed by atoms with Gasteiger partial charge in [-0.2, -0.15) is 0 Å². The van der Waals surface area contributed by atoms with Crippen LogP contribution in [-0.2, 0) is 32.0 Å². The standard InChI is InChI=1S/C21H25NO7/c1-6-22-18(13-8-10-14(26-3)11-9-13)17(20(24)29-7-2)15(12-16(23)27-4)19(22)21(25)28-5/h8-11H,6-7,12H2,1-5H3. The summed E-state index contributed by atoms with van der Waals surface area (Å²) in [4.78, 5) is 37.5. The molecule has 2 aromatic rings. The van der Waals surface area contributed by atoms with Gasteiger partial charge in [0.05, 0.1) is 45.6 Å². The minimum Gasteiger partial charge on any atom is -0.497 e. The molecule has 0 aliphatic heterocycles. The highest BCUT2D eigenvalue weighted by atomic mass is 16.5. The lowest BCUT2D eigenvalue weighted by Crippen LogP contribution is -2.16. The molecular formula is C21H25NO7. The highest BCUT2D eigenvalue weighted by Crippen LogP contribution is 2.34. The number of benzene rings is 1. The Morgan fingerprint density at radius 1 is 0.931 bits per heavy atom. The van der Waals surface area contributed by atoms with Crippen molar-refractivity contribution in [1.82, 2.24) is 4.57 Å². The summed E-state index contributed by atoms with van der Waals surface area (Å²) < 4.78 is 21.8. The van der Waals surface area contributed by atoms with Crippen LogP contribution in [0.4, 0.5) is 0 Å². The van der Waals surface area contributed by atoms with Crippen LogP contribution in [0.3, 0.4) is 0 Å². The number of nitrogens with zero attached hydrogens (tertiary/aromatic N) is 1. The molecule has 0 amide bonds. The van der Waals surface area contributed by atoms with Gasteiger partial charge in [-0.3, -0.25) is 4.79 Å². The van der Waals surface area contributed by atoms with E-state index in [0.29, 0.717) is 23.6 Å². The zero-order chi connectivity index (χ0) is 21.6. The Morgan fingerprint density at radius 3 is 2.07 bits per heavy atom. The number of hydrogen-bond acceptors (Lipinski definition) is 7. The van der Waals surface area contributed by atoms with Crippen LogP contribution in [0.2, 0.25) is 0 Å². The van der Waals surface area contributed by atoms with Crippen molar-refractivity contribution in [1.29, 1.82) is 0 Å². The first-order valence-electron chi connectivity index (χ1n) is 9.15. The molecule has 0 saturated heterocycles. The lowest BCUT2D eigenvalue weighted by atomic mass is 10.0. The summed E-state index contributed by atoms with van der Waals surface area (Å²) in [5, 5.41) is 0. The second kappa shape index (κ2) is 9.77. The van der Waals surface area contributed by atoms with Gasteiger partial charge in [0.1, 0.15) is 11.4 Å². The third kappa shape index (κ3) is 4.42. The molecule has 1 aromatic heterocycles. The summed E-state index contributed by atoms with van der Waals surface area (Å²) >= 11 is 0. The Balaban J connectivity index is 2.88. The first kappa shape index (κ1) is 22.0.